The smallest absolute Gasteiger partial charge is 0.267 e. The molecule has 1 amide bonds. The molecule has 3 aromatic rings. The van der Waals surface area contributed by atoms with Crippen molar-refractivity contribution in [3.05, 3.63) is 96.1 Å². The molecule has 3 aromatic carbocycles. The average Bonchev–Trinajstić information content (AvgIpc) is 3.42. The van der Waals surface area contributed by atoms with Crippen LogP contribution in [-0.2, 0) is 9.59 Å². The first kappa shape index (κ1) is 26.4. The highest BCUT2D eigenvalue weighted by atomic mass is 16.5. The summed E-state index contributed by atoms with van der Waals surface area (Å²) < 4.78 is 10.7. The maximum atomic E-state index is 14.5. The molecule has 200 valence electrons. The van der Waals surface area contributed by atoms with Crippen LogP contribution in [0.4, 0.5) is 5.69 Å². The molecular weight excluding hydrogens is 488 g/mol. The number of allylic oxidation sites excluding steroid dienone is 1. The topological polar surface area (TPSA) is 68.2 Å². The Balaban J connectivity index is 1.67. The van der Waals surface area contributed by atoms with E-state index >= 15 is 0 Å². The van der Waals surface area contributed by atoms with Crippen LogP contribution in [0, 0.1) is 16.7 Å². The van der Waals surface area contributed by atoms with Gasteiger partial charge in [0.05, 0.1) is 25.6 Å². The van der Waals surface area contributed by atoms with Gasteiger partial charge in [0.25, 0.3) is 5.91 Å². The van der Waals surface area contributed by atoms with Crippen LogP contribution in [0.15, 0.2) is 90.0 Å². The quantitative estimate of drug-likeness (QED) is 0.346. The molecule has 0 aromatic heterocycles. The first-order valence-electron chi connectivity index (χ1n) is 13.2. The Morgan fingerprint density at radius 1 is 0.872 bits per heavy atom. The lowest BCUT2D eigenvalue weighted by molar-refractivity contribution is -0.134. The van der Waals surface area contributed by atoms with Crippen molar-refractivity contribution in [2.75, 3.05) is 19.2 Å². The van der Waals surface area contributed by atoms with Crippen molar-refractivity contribution in [1.82, 2.24) is 0 Å². The molecule has 6 heteroatoms. The van der Waals surface area contributed by atoms with Crippen molar-refractivity contribution in [2.24, 2.45) is 21.8 Å². The van der Waals surface area contributed by atoms with Crippen molar-refractivity contribution in [2.45, 2.75) is 33.1 Å². The number of nitrogens with zero attached hydrogens (tertiary/aromatic N) is 2. The summed E-state index contributed by atoms with van der Waals surface area (Å²) in [6.45, 7) is 6.06. The normalized spacial score (nSPS) is 23.1. The van der Waals surface area contributed by atoms with Crippen molar-refractivity contribution < 1.29 is 19.1 Å². The fourth-order valence-corrected chi connectivity index (χ4v) is 5.89. The van der Waals surface area contributed by atoms with E-state index in [1.807, 2.05) is 112 Å². The van der Waals surface area contributed by atoms with Crippen molar-refractivity contribution in [1.29, 1.82) is 0 Å². The summed E-state index contributed by atoms with van der Waals surface area (Å²) >= 11 is 0. The van der Waals surface area contributed by atoms with Crippen LogP contribution in [0.5, 0.6) is 11.5 Å². The summed E-state index contributed by atoms with van der Waals surface area (Å²) in [4.78, 5) is 28.8. The van der Waals surface area contributed by atoms with E-state index in [2.05, 4.69) is 0 Å². The van der Waals surface area contributed by atoms with Gasteiger partial charge >= 0.3 is 0 Å². The van der Waals surface area contributed by atoms with Gasteiger partial charge in [0.15, 0.2) is 11.2 Å². The Labute approximate surface area is 229 Å². The van der Waals surface area contributed by atoms with Gasteiger partial charge in [-0.3, -0.25) is 9.59 Å². The predicted octanol–water partition coefficient (Wildman–Crippen LogP) is 6.53. The molecule has 2 aliphatic rings. The Kier molecular flexibility index (Phi) is 6.89. The van der Waals surface area contributed by atoms with Crippen LogP contribution in [0.1, 0.15) is 44.2 Å². The number of anilines is 1. The van der Waals surface area contributed by atoms with E-state index in [1.54, 1.807) is 14.2 Å². The molecule has 1 aliphatic heterocycles. The lowest BCUT2D eigenvalue weighted by Crippen LogP contribution is -2.51. The Morgan fingerprint density at radius 2 is 1.46 bits per heavy atom. The largest absolute Gasteiger partial charge is 0.497 e. The fraction of sp³-hybridized carbons (Fsp3) is 0.303. The summed E-state index contributed by atoms with van der Waals surface area (Å²) in [5, 5.41) is 6.32. The van der Waals surface area contributed by atoms with Crippen LogP contribution in [0.25, 0.3) is 6.08 Å². The standard InChI is InChI=1S/C33H34N2O4/c1-32(2,3)30-33(31(37)35(34-30)24-9-7-6-8-10-24)28(20-13-22-11-16-25(38-4)17-12-22)27(21-29(33)36)23-14-18-26(39-5)19-15-23/h6-20,27-28H,21H2,1-5H3/b20-13+. The highest BCUT2D eigenvalue weighted by Crippen LogP contribution is 2.57. The number of rotatable bonds is 6. The molecule has 0 radical (unpaired) electrons. The van der Waals surface area contributed by atoms with Gasteiger partial charge in [-0.25, -0.2) is 0 Å². The third-order valence-electron chi connectivity index (χ3n) is 7.75. The Hall–Kier alpha value is -4.19. The molecule has 3 atom stereocenters. The van der Waals surface area contributed by atoms with E-state index in [1.165, 1.54) is 5.01 Å². The van der Waals surface area contributed by atoms with Crippen molar-refractivity contribution >= 4 is 29.2 Å². The van der Waals surface area contributed by atoms with Gasteiger partial charge in [-0.05, 0) is 53.4 Å². The van der Waals surface area contributed by atoms with Crippen molar-refractivity contribution in [3.8, 4) is 11.5 Å². The molecule has 0 bridgehead atoms. The lowest BCUT2D eigenvalue weighted by Gasteiger charge is -2.35. The lowest BCUT2D eigenvalue weighted by atomic mass is 9.63. The molecular formula is C33H34N2O4. The molecule has 3 unspecified atom stereocenters. The second-order valence-electron chi connectivity index (χ2n) is 11.1. The minimum absolute atomic E-state index is 0.0928. The molecule has 1 aliphatic carbocycles. The molecule has 0 N–H and O–H groups in total. The minimum atomic E-state index is -1.40. The third-order valence-corrected chi connectivity index (χ3v) is 7.75. The molecule has 5 rings (SSSR count). The molecule has 1 saturated carbocycles. The number of amides is 1. The third kappa shape index (κ3) is 4.54. The van der Waals surface area contributed by atoms with E-state index in [4.69, 9.17) is 14.6 Å². The number of ether oxygens (including phenoxy) is 2. The number of Topliss-reactive ketones (excluding diaryl/α,β-unsaturated/α-hetero) is 1. The maximum Gasteiger partial charge on any atom is 0.267 e. The van der Waals surface area contributed by atoms with Gasteiger partial charge in [-0.15, -0.1) is 0 Å². The maximum absolute atomic E-state index is 14.5. The Bertz CT molecular complexity index is 1420. The molecule has 1 fully saturated rings. The second-order valence-corrected chi connectivity index (χ2v) is 11.1. The summed E-state index contributed by atoms with van der Waals surface area (Å²) in [6.07, 6.45) is 4.28. The van der Waals surface area contributed by atoms with Gasteiger partial charge in [0, 0.05) is 17.8 Å². The molecule has 1 spiro atoms. The second kappa shape index (κ2) is 10.2. The van der Waals surface area contributed by atoms with Crippen molar-refractivity contribution in [3.63, 3.8) is 0 Å². The van der Waals surface area contributed by atoms with Crippen LogP contribution < -0.4 is 14.5 Å². The Morgan fingerprint density at radius 3 is 2.03 bits per heavy atom. The number of para-hydroxylation sites is 1. The predicted molar refractivity (Wildman–Crippen MR) is 154 cm³/mol. The van der Waals surface area contributed by atoms with Gasteiger partial charge in [0.1, 0.15) is 11.5 Å². The number of benzene rings is 3. The summed E-state index contributed by atoms with van der Waals surface area (Å²) in [6, 6.07) is 24.9. The van der Waals surface area contributed by atoms with Gasteiger partial charge in [0.2, 0.25) is 0 Å². The molecule has 6 nitrogen and oxygen atoms in total. The fourth-order valence-electron chi connectivity index (χ4n) is 5.89. The average molecular weight is 523 g/mol. The molecule has 1 heterocycles. The zero-order valence-corrected chi connectivity index (χ0v) is 23.0. The number of hydrogen-bond acceptors (Lipinski definition) is 5. The van der Waals surface area contributed by atoms with Crippen LogP contribution in [-0.4, -0.2) is 31.6 Å². The van der Waals surface area contributed by atoms with Crippen LogP contribution >= 0.6 is 0 Å². The van der Waals surface area contributed by atoms with Crippen LogP contribution in [0.2, 0.25) is 0 Å². The van der Waals surface area contributed by atoms with E-state index in [9.17, 15) is 9.59 Å². The first-order valence-corrected chi connectivity index (χ1v) is 13.2. The minimum Gasteiger partial charge on any atom is -0.497 e. The number of carbonyl (C=O) groups is 2. The van der Waals surface area contributed by atoms with Gasteiger partial charge in [-0.2, -0.15) is 10.1 Å². The monoisotopic (exact) mass is 522 g/mol. The number of methoxy groups -OCH3 is 2. The van der Waals surface area contributed by atoms with Gasteiger partial charge in [-0.1, -0.05) is 75.4 Å². The molecule has 0 saturated heterocycles. The van der Waals surface area contributed by atoms with Crippen LogP contribution in [0.3, 0.4) is 0 Å². The summed E-state index contributed by atoms with van der Waals surface area (Å²) in [5.74, 6) is 0.494. The number of carbonyl (C=O) groups excluding carboxylic acids is 2. The van der Waals surface area contributed by atoms with Gasteiger partial charge < -0.3 is 9.47 Å². The highest BCUT2D eigenvalue weighted by Gasteiger charge is 2.67. The number of ketones is 1. The number of hydrogen-bond donors (Lipinski definition) is 0. The zero-order chi connectivity index (χ0) is 27.8. The van der Waals surface area contributed by atoms with E-state index in [-0.39, 0.29) is 24.0 Å². The SMILES string of the molecule is COc1ccc(/C=C/C2C(c3ccc(OC)cc3)CC(=O)C23C(=O)N(c2ccccc2)N=C3C(C)(C)C)cc1. The number of hydrazone groups is 1. The summed E-state index contributed by atoms with van der Waals surface area (Å²) in [7, 11) is 3.26. The van der Waals surface area contributed by atoms with E-state index in [0.717, 1.165) is 22.6 Å². The molecule has 39 heavy (non-hydrogen) atoms. The zero-order valence-electron chi connectivity index (χ0n) is 23.0. The first-order chi connectivity index (χ1) is 18.7. The highest BCUT2D eigenvalue weighted by molar-refractivity contribution is 6.34. The summed E-state index contributed by atoms with van der Waals surface area (Å²) in [5.41, 5.74) is 1.29. The van der Waals surface area contributed by atoms with E-state index < -0.39 is 16.7 Å². The van der Waals surface area contributed by atoms with E-state index in [0.29, 0.717) is 11.4 Å².